The number of carbonyl (C=O) groups excluding carboxylic acids is 2. The predicted octanol–water partition coefficient (Wildman–Crippen LogP) is 4.64. The van der Waals surface area contributed by atoms with Crippen molar-refractivity contribution in [2.24, 2.45) is 46.3 Å². The number of fused-ring (bicyclic) bond motifs is 5. The molecule has 7 heteroatoms. The second-order valence-corrected chi connectivity index (χ2v) is 14.0. The van der Waals surface area contributed by atoms with Gasteiger partial charge in [-0.25, -0.2) is 0 Å². The fourth-order valence-corrected chi connectivity index (χ4v) is 9.94. The first-order chi connectivity index (χ1) is 17.8. The highest BCUT2D eigenvalue weighted by Gasteiger charge is 2.70. The van der Waals surface area contributed by atoms with E-state index >= 15 is 0 Å². The van der Waals surface area contributed by atoms with E-state index in [1.54, 1.807) is 0 Å². The SMILES string of the molecule is CC(=O)O[C@@H]1CC[C@]2(CO)[C@H]3CC[C@]4(C)[C@@H]([C@H](C)[C@@H](O)CCC(C)C)CC[C@H]4[C@@H]3C[C@@H](OC(C)=O)[C@@]2(O)C1. The molecule has 0 spiro atoms. The largest absolute Gasteiger partial charge is 0.462 e. The number of hydrogen-bond donors (Lipinski definition) is 3. The molecular formula is C31H52O7. The predicted molar refractivity (Wildman–Crippen MR) is 144 cm³/mol. The van der Waals surface area contributed by atoms with Crippen LogP contribution in [0.2, 0.25) is 0 Å². The normalized spacial score (nSPS) is 43.9. The first kappa shape index (κ1) is 29.8. The van der Waals surface area contributed by atoms with E-state index in [2.05, 4.69) is 27.7 Å². The zero-order valence-corrected chi connectivity index (χ0v) is 24.4. The molecule has 38 heavy (non-hydrogen) atoms. The van der Waals surface area contributed by atoms with E-state index in [-0.39, 0.29) is 48.3 Å². The third-order valence-electron chi connectivity index (χ3n) is 11.8. The summed E-state index contributed by atoms with van der Waals surface area (Å²) in [6.45, 7) is 11.6. The number of aliphatic hydroxyl groups excluding tert-OH is 2. The lowest BCUT2D eigenvalue weighted by Crippen LogP contribution is -2.71. The van der Waals surface area contributed by atoms with E-state index in [9.17, 15) is 24.9 Å². The van der Waals surface area contributed by atoms with Crippen LogP contribution in [0, 0.1) is 46.3 Å². The molecule has 4 aliphatic carbocycles. The van der Waals surface area contributed by atoms with E-state index in [0.717, 1.165) is 38.5 Å². The van der Waals surface area contributed by atoms with Crippen LogP contribution in [0.4, 0.5) is 0 Å². The molecule has 11 atom stereocenters. The molecule has 0 heterocycles. The Hall–Kier alpha value is -1.18. The molecule has 7 nitrogen and oxygen atoms in total. The van der Waals surface area contributed by atoms with Crippen molar-refractivity contribution in [3.05, 3.63) is 0 Å². The van der Waals surface area contributed by atoms with Crippen LogP contribution in [-0.2, 0) is 19.1 Å². The van der Waals surface area contributed by atoms with Gasteiger partial charge in [-0.3, -0.25) is 9.59 Å². The molecule has 4 aliphatic rings. The van der Waals surface area contributed by atoms with Crippen molar-refractivity contribution in [2.75, 3.05) is 6.61 Å². The highest BCUT2D eigenvalue weighted by Crippen LogP contribution is 2.69. The Morgan fingerprint density at radius 1 is 0.947 bits per heavy atom. The molecule has 0 aromatic rings. The van der Waals surface area contributed by atoms with Gasteiger partial charge in [0.2, 0.25) is 0 Å². The number of aliphatic hydroxyl groups is 3. The topological polar surface area (TPSA) is 113 Å². The number of hydrogen-bond acceptors (Lipinski definition) is 7. The van der Waals surface area contributed by atoms with Crippen molar-refractivity contribution in [1.29, 1.82) is 0 Å². The van der Waals surface area contributed by atoms with Gasteiger partial charge in [0.05, 0.1) is 12.7 Å². The fourth-order valence-electron chi connectivity index (χ4n) is 9.94. The van der Waals surface area contributed by atoms with Crippen molar-refractivity contribution >= 4 is 11.9 Å². The zero-order valence-electron chi connectivity index (χ0n) is 24.4. The maximum absolute atomic E-state index is 12.3. The van der Waals surface area contributed by atoms with Gasteiger partial charge in [-0.2, -0.15) is 0 Å². The number of rotatable bonds is 8. The Bertz CT molecular complexity index is 874. The van der Waals surface area contributed by atoms with Crippen LogP contribution in [0.15, 0.2) is 0 Å². The van der Waals surface area contributed by atoms with Gasteiger partial charge in [0.25, 0.3) is 0 Å². The molecule has 0 bridgehead atoms. The summed E-state index contributed by atoms with van der Waals surface area (Å²) in [4.78, 5) is 24.0. The van der Waals surface area contributed by atoms with Gasteiger partial charge in [0.15, 0.2) is 0 Å². The summed E-state index contributed by atoms with van der Waals surface area (Å²) >= 11 is 0. The van der Waals surface area contributed by atoms with Crippen LogP contribution < -0.4 is 0 Å². The van der Waals surface area contributed by atoms with Crippen LogP contribution in [0.3, 0.4) is 0 Å². The lowest BCUT2D eigenvalue weighted by molar-refractivity contribution is -0.285. The Labute approximate surface area is 229 Å². The molecule has 0 saturated heterocycles. The van der Waals surface area contributed by atoms with Crippen LogP contribution in [0.25, 0.3) is 0 Å². The van der Waals surface area contributed by atoms with Crippen molar-refractivity contribution in [3.63, 3.8) is 0 Å². The van der Waals surface area contributed by atoms with Crippen LogP contribution >= 0.6 is 0 Å². The molecule has 0 aliphatic heterocycles. The van der Waals surface area contributed by atoms with Crippen molar-refractivity contribution in [2.45, 2.75) is 130 Å². The monoisotopic (exact) mass is 536 g/mol. The molecule has 4 fully saturated rings. The molecule has 0 radical (unpaired) electrons. The Morgan fingerprint density at radius 3 is 2.24 bits per heavy atom. The summed E-state index contributed by atoms with van der Waals surface area (Å²) in [5, 5.41) is 34.4. The highest BCUT2D eigenvalue weighted by molar-refractivity contribution is 5.66. The molecular weight excluding hydrogens is 484 g/mol. The van der Waals surface area contributed by atoms with Crippen molar-refractivity contribution in [1.82, 2.24) is 0 Å². The maximum atomic E-state index is 12.3. The first-order valence-corrected chi connectivity index (χ1v) is 15.1. The van der Waals surface area contributed by atoms with Gasteiger partial charge in [-0.05, 0) is 98.7 Å². The smallest absolute Gasteiger partial charge is 0.303 e. The molecule has 0 unspecified atom stereocenters. The van der Waals surface area contributed by atoms with Crippen molar-refractivity contribution < 1.29 is 34.4 Å². The Morgan fingerprint density at radius 2 is 1.63 bits per heavy atom. The third-order valence-corrected chi connectivity index (χ3v) is 11.8. The zero-order chi connectivity index (χ0) is 28.0. The third kappa shape index (κ3) is 4.94. The minimum atomic E-state index is -1.45. The fraction of sp³-hybridized carbons (Fsp3) is 0.935. The van der Waals surface area contributed by atoms with Gasteiger partial charge in [0, 0.05) is 25.7 Å². The maximum Gasteiger partial charge on any atom is 0.303 e. The van der Waals surface area contributed by atoms with Gasteiger partial charge in [0.1, 0.15) is 17.8 Å². The van der Waals surface area contributed by atoms with Gasteiger partial charge < -0.3 is 24.8 Å². The van der Waals surface area contributed by atoms with E-state index in [1.165, 1.54) is 13.8 Å². The number of esters is 2. The summed E-state index contributed by atoms with van der Waals surface area (Å²) in [5.41, 5.74) is -2.17. The van der Waals surface area contributed by atoms with Crippen LogP contribution in [-0.4, -0.2) is 57.8 Å². The molecule has 3 N–H and O–H groups in total. The molecule has 0 aromatic heterocycles. The Kier molecular flexibility index (Phi) is 8.63. The second-order valence-electron chi connectivity index (χ2n) is 14.0. The van der Waals surface area contributed by atoms with Gasteiger partial charge in [-0.15, -0.1) is 0 Å². The van der Waals surface area contributed by atoms with Crippen LogP contribution in [0.5, 0.6) is 0 Å². The lowest BCUT2D eigenvalue weighted by Gasteiger charge is -2.66. The number of carbonyl (C=O) groups is 2. The highest BCUT2D eigenvalue weighted by atomic mass is 16.6. The summed E-state index contributed by atoms with van der Waals surface area (Å²) in [7, 11) is 0. The van der Waals surface area contributed by atoms with E-state index in [1.807, 2.05) is 0 Å². The molecule has 4 saturated carbocycles. The molecule has 4 rings (SSSR count). The van der Waals surface area contributed by atoms with Crippen LogP contribution in [0.1, 0.15) is 106 Å². The van der Waals surface area contributed by atoms with Gasteiger partial charge >= 0.3 is 11.9 Å². The summed E-state index contributed by atoms with van der Waals surface area (Å²) in [6, 6.07) is 0. The van der Waals surface area contributed by atoms with Gasteiger partial charge in [-0.1, -0.05) is 27.7 Å². The minimum Gasteiger partial charge on any atom is -0.462 e. The first-order valence-electron chi connectivity index (χ1n) is 15.1. The molecule has 0 amide bonds. The summed E-state index contributed by atoms with van der Waals surface area (Å²) < 4.78 is 11.4. The van der Waals surface area contributed by atoms with E-state index < -0.39 is 29.2 Å². The van der Waals surface area contributed by atoms with E-state index in [4.69, 9.17) is 9.47 Å². The molecule has 0 aromatic carbocycles. The standard InChI is InChI=1S/C31H52O7/c1-18(2)7-10-27(35)19(3)24-8-9-25-23-15-28(38-21(5)34)31(36)16-22(37-20(4)33)11-14-30(31,17-32)26(23)12-13-29(24,25)6/h18-19,22-28,32,35-36H,7-17H2,1-6H3/t19-,22+,23-,24+,25-,26-,27-,28+,29+,30-,31-/m0/s1. The summed E-state index contributed by atoms with van der Waals surface area (Å²) in [6.07, 6.45) is 6.26. The molecule has 218 valence electrons. The second kappa shape index (κ2) is 11.0. The minimum absolute atomic E-state index is 0.0706. The average Bonchev–Trinajstić information content (AvgIpc) is 3.19. The quantitative estimate of drug-likeness (QED) is 0.387. The van der Waals surface area contributed by atoms with E-state index in [0.29, 0.717) is 37.0 Å². The number of ether oxygens (including phenoxy) is 2. The van der Waals surface area contributed by atoms with Crippen molar-refractivity contribution in [3.8, 4) is 0 Å². The summed E-state index contributed by atoms with van der Waals surface area (Å²) in [5.74, 6) is 1.12. The lowest BCUT2D eigenvalue weighted by atomic mass is 9.42. The average molecular weight is 537 g/mol. The Balaban J connectivity index is 1.64.